The summed E-state index contributed by atoms with van der Waals surface area (Å²) in [5.41, 5.74) is 2.08. The summed E-state index contributed by atoms with van der Waals surface area (Å²) in [4.78, 5) is 20.0. The standard InChI is InChI=1S/C21H21FN2O4/c1-2-24(13-15-6-4-8-18-20(15)27-10-9-26-18)21(25)19-12-17(23-28-19)14-5-3-7-16(22)11-14/h3-8,11,19H,2,9-10,12-13H2,1H3. The third-order valence-corrected chi connectivity index (χ3v) is 4.80. The van der Waals surface area contributed by atoms with Crippen molar-refractivity contribution in [2.24, 2.45) is 5.16 Å². The van der Waals surface area contributed by atoms with Gasteiger partial charge in [-0.05, 0) is 25.1 Å². The van der Waals surface area contributed by atoms with E-state index in [4.69, 9.17) is 14.3 Å². The maximum absolute atomic E-state index is 13.4. The molecule has 0 bridgehead atoms. The summed E-state index contributed by atoms with van der Waals surface area (Å²) in [5.74, 6) is 0.873. The average molecular weight is 384 g/mol. The lowest BCUT2D eigenvalue weighted by molar-refractivity contribution is -0.142. The van der Waals surface area contributed by atoms with Crippen LogP contribution in [0.25, 0.3) is 0 Å². The molecule has 28 heavy (non-hydrogen) atoms. The van der Waals surface area contributed by atoms with Crippen molar-refractivity contribution in [2.45, 2.75) is 26.0 Å². The number of oxime groups is 1. The van der Waals surface area contributed by atoms with Gasteiger partial charge in [-0.1, -0.05) is 29.4 Å². The van der Waals surface area contributed by atoms with Gasteiger partial charge in [0.05, 0.1) is 5.71 Å². The van der Waals surface area contributed by atoms with Gasteiger partial charge in [0.25, 0.3) is 5.91 Å². The lowest BCUT2D eigenvalue weighted by atomic mass is 10.0. The monoisotopic (exact) mass is 384 g/mol. The Morgan fingerprint density at radius 1 is 1.21 bits per heavy atom. The van der Waals surface area contributed by atoms with E-state index in [0.29, 0.717) is 55.5 Å². The molecule has 146 valence electrons. The summed E-state index contributed by atoms with van der Waals surface area (Å²) in [5, 5.41) is 4.00. The first-order valence-corrected chi connectivity index (χ1v) is 9.30. The average Bonchev–Trinajstić information content (AvgIpc) is 3.22. The van der Waals surface area contributed by atoms with Crippen molar-refractivity contribution in [3.8, 4) is 11.5 Å². The number of rotatable bonds is 5. The molecule has 0 spiro atoms. The number of para-hydroxylation sites is 1. The molecule has 0 radical (unpaired) electrons. The van der Waals surface area contributed by atoms with Crippen LogP contribution in [0.1, 0.15) is 24.5 Å². The molecule has 0 aromatic heterocycles. The van der Waals surface area contributed by atoms with Crippen molar-refractivity contribution < 1.29 is 23.5 Å². The van der Waals surface area contributed by atoms with E-state index in [-0.39, 0.29) is 11.7 Å². The molecule has 0 N–H and O–H groups in total. The van der Waals surface area contributed by atoms with Crippen molar-refractivity contribution in [2.75, 3.05) is 19.8 Å². The molecule has 2 aliphatic rings. The Bertz CT molecular complexity index is 915. The van der Waals surface area contributed by atoms with Gasteiger partial charge in [0.2, 0.25) is 6.10 Å². The number of likely N-dealkylation sites (N-methyl/N-ethyl adjacent to an activating group) is 1. The van der Waals surface area contributed by atoms with Crippen LogP contribution in [0.5, 0.6) is 11.5 Å². The van der Waals surface area contributed by atoms with Crippen molar-refractivity contribution in [1.82, 2.24) is 4.90 Å². The molecular weight excluding hydrogens is 363 g/mol. The van der Waals surface area contributed by atoms with Crippen LogP contribution in [0.4, 0.5) is 4.39 Å². The zero-order valence-electron chi connectivity index (χ0n) is 15.6. The Kier molecular flexibility index (Phi) is 5.14. The molecule has 0 saturated heterocycles. The van der Waals surface area contributed by atoms with Gasteiger partial charge in [0.15, 0.2) is 11.5 Å². The molecule has 2 aliphatic heterocycles. The number of carbonyl (C=O) groups excluding carboxylic acids is 1. The van der Waals surface area contributed by atoms with Gasteiger partial charge < -0.3 is 19.2 Å². The second kappa shape index (κ2) is 7.88. The highest BCUT2D eigenvalue weighted by Gasteiger charge is 2.32. The molecule has 1 unspecified atom stereocenters. The second-order valence-electron chi connectivity index (χ2n) is 6.64. The maximum Gasteiger partial charge on any atom is 0.267 e. The smallest absolute Gasteiger partial charge is 0.267 e. The van der Waals surface area contributed by atoms with Gasteiger partial charge in [-0.15, -0.1) is 0 Å². The predicted molar refractivity (Wildman–Crippen MR) is 101 cm³/mol. The molecule has 2 aromatic rings. The van der Waals surface area contributed by atoms with Crippen LogP contribution >= 0.6 is 0 Å². The molecule has 2 heterocycles. The zero-order valence-corrected chi connectivity index (χ0v) is 15.6. The van der Waals surface area contributed by atoms with Crippen molar-refractivity contribution in [1.29, 1.82) is 0 Å². The van der Waals surface area contributed by atoms with Gasteiger partial charge in [-0.3, -0.25) is 4.79 Å². The fourth-order valence-corrected chi connectivity index (χ4v) is 3.36. The molecule has 0 fully saturated rings. The normalized spacial score (nSPS) is 17.6. The van der Waals surface area contributed by atoms with Crippen molar-refractivity contribution in [3.05, 3.63) is 59.4 Å². The molecule has 6 nitrogen and oxygen atoms in total. The minimum atomic E-state index is -0.713. The van der Waals surface area contributed by atoms with E-state index >= 15 is 0 Å². The molecule has 1 atom stereocenters. The van der Waals surface area contributed by atoms with E-state index < -0.39 is 6.10 Å². The zero-order chi connectivity index (χ0) is 19.5. The van der Waals surface area contributed by atoms with Gasteiger partial charge in [-0.2, -0.15) is 0 Å². The van der Waals surface area contributed by atoms with Crippen LogP contribution in [0.2, 0.25) is 0 Å². The minimum absolute atomic E-state index is 0.160. The Balaban J connectivity index is 1.46. The van der Waals surface area contributed by atoms with Gasteiger partial charge in [-0.25, -0.2) is 4.39 Å². The lowest BCUT2D eigenvalue weighted by Gasteiger charge is -2.26. The number of amides is 1. The topological polar surface area (TPSA) is 60.4 Å². The van der Waals surface area contributed by atoms with Crippen LogP contribution in [-0.2, 0) is 16.2 Å². The number of hydrogen-bond acceptors (Lipinski definition) is 5. The molecular formula is C21H21FN2O4. The number of nitrogens with zero attached hydrogens (tertiary/aromatic N) is 2. The summed E-state index contributed by atoms with van der Waals surface area (Å²) in [6.07, 6.45) is -0.402. The quantitative estimate of drug-likeness (QED) is 0.795. The van der Waals surface area contributed by atoms with Gasteiger partial charge in [0, 0.05) is 30.6 Å². The van der Waals surface area contributed by atoms with Crippen LogP contribution < -0.4 is 9.47 Å². The lowest BCUT2D eigenvalue weighted by Crippen LogP contribution is -2.39. The maximum atomic E-state index is 13.4. The Morgan fingerprint density at radius 3 is 2.86 bits per heavy atom. The fourth-order valence-electron chi connectivity index (χ4n) is 3.36. The molecule has 0 aliphatic carbocycles. The molecule has 2 aromatic carbocycles. The SMILES string of the molecule is CCN(Cc1cccc2c1OCCO2)C(=O)C1CC(c2cccc(F)c2)=NO1. The molecule has 7 heteroatoms. The third kappa shape index (κ3) is 3.65. The van der Waals surface area contributed by atoms with Crippen molar-refractivity contribution in [3.63, 3.8) is 0 Å². The summed E-state index contributed by atoms with van der Waals surface area (Å²) in [7, 11) is 0. The van der Waals surface area contributed by atoms with E-state index in [1.807, 2.05) is 25.1 Å². The highest BCUT2D eigenvalue weighted by molar-refractivity contribution is 6.04. The number of ether oxygens (including phenoxy) is 2. The predicted octanol–water partition coefficient (Wildman–Crippen LogP) is 3.14. The van der Waals surface area contributed by atoms with E-state index in [1.165, 1.54) is 12.1 Å². The number of halogens is 1. The minimum Gasteiger partial charge on any atom is -0.486 e. The third-order valence-electron chi connectivity index (χ3n) is 4.80. The van der Waals surface area contributed by atoms with E-state index in [2.05, 4.69) is 5.16 Å². The highest BCUT2D eigenvalue weighted by Crippen LogP contribution is 2.34. The van der Waals surface area contributed by atoms with E-state index in [1.54, 1.807) is 17.0 Å². The van der Waals surface area contributed by atoms with Crippen LogP contribution in [0.15, 0.2) is 47.6 Å². The fraction of sp³-hybridized carbons (Fsp3) is 0.333. The molecule has 1 amide bonds. The highest BCUT2D eigenvalue weighted by atomic mass is 19.1. The van der Waals surface area contributed by atoms with E-state index in [0.717, 1.165) is 5.56 Å². The number of carbonyl (C=O) groups is 1. The van der Waals surface area contributed by atoms with Crippen LogP contribution in [0, 0.1) is 5.82 Å². The summed E-state index contributed by atoms with van der Waals surface area (Å²) >= 11 is 0. The second-order valence-corrected chi connectivity index (χ2v) is 6.64. The van der Waals surface area contributed by atoms with Crippen LogP contribution in [-0.4, -0.2) is 42.4 Å². The number of hydrogen-bond donors (Lipinski definition) is 0. The molecule has 4 rings (SSSR count). The summed E-state index contributed by atoms with van der Waals surface area (Å²) in [6.45, 7) is 3.81. The first-order valence-electron chi connectivity index (χ1n) is 9.30. The van der Waals surface area contributed by atoms with Gasteiger partial charge >= 0.3 is 0 Å². The Morgan fingerprint density at radius 2 is 2.04 bits per heavy atom. The Labute approximate surface area is 162 Å². The Hall–Kier alpha value is -3.09. The van der Waals surface area contributed by atoms with Crippen molar-refractivity contribution >= 4 is 11.6 Å². The summed E-state index contributed by atoms with van der Waals surface area (Å²) < 4.78 is 24.8. The number of fused-ring (bicyclic) bond motifs is 1. The largest absolute Gasteiger partial charge is 0.486 e. The first-order chi connectivity index (χ1) is 13.7. The van der Waals surface area contributed by atoms with Crippen LogP contribution in [0.3, 0.4) is 0 Å². The first kappa shape index (κ1) is 18.3. The van der Waals surface area contributed by atoms with E-state index in [9.17, 15) is 9.18 Å². The van der Waals surface area contributed by atoms with Gasteiger partial charge in [0.1, 0.15) is 19.0 Å². The number of benzene rings is 2. The summed E-state index contributed by atoms with van der Waals surface area (Å²) in [6, 6.07) is 11.8. The molecule has 0 saturated carbocycles.